The molecule has 0 aliphatic rings. The van der Waals surface area contributed by atoms with Crippen LogP contribution in [0.1, 0.15) is 5.56 Å². The average molecular weight is 268 g/mol. The topological polar surface area (TPSA) is 35.8 Å². The molecule has 0 spiro atoms. The molecule has 4 nitrogen and oxygen atoms in total. The molecule has 0 bridgehead atoms. The average Bonchev–Trinajstić information content (AvgIpc) is 2.90. The number of benzene rings is 1. The van der Waals surface area contributed by atoms with Crippen molar-refractivity contribution in [2.45, 2.75) is 6.92 Å². The van der Waals surface area contributed by atoms with Gasteiger partial charge in [-0.2, -0.15) is 0 Å². The maximum absolute atomic E-state index is 5.43. The Hall–Kier alpha value is -2.49. The van der Waals surface area contributed by atoms with Crippen molar-refractivity contribution in [1.29, 1.82) is 0 Å². The van der Waals surface area contributed by atoms with Crippen LogP contribution in [0.15, 0.2) is 42.7 Å². The van der Waals surface area contributed by atoms with Crippen LogP contribution in [0.4, 0.5) is 0 Å². The van der Waals surface area contributed by atoms with Crippen molar-refractivity contribution < 1.29 is 9.47 Å². The van der Waals surface area contributed by atoms with Crippen LogP contribution in [0, 0.1) is 6.92 Å². The first-order valence-electron chi connectivity index (χ1n) is 6.39. The van der Waals surface area contributed by atoms with Crippen molar-refractivity contribution in [3.05, 3.63) is 48.3 Å². The van der Waals surface area contributed by atoms with Crippen LogP contribution < -0.4 is 9.47 Å². The van der Waals surface area contributed by atoms with Gasteiger partial charge in [0.1, 0.15) is 5.75 Å². The first-order valence-corrected chi connectivity index (χ1v) is 6.39. The van der Waals surface area contributed by atoms with E-state index in [-0.39, 0.29) is 0 Å². The van der Waals surface area contributed by atoms with Crippen LogP contribution in [0.25, 0.3) is 16.9 Å². The molecular weight excluding hydrogens is 252 g/mol. The molecule has 0 atom stereocenters. The van der Waals surface area contributed by atoms with Gasteiger partial charge in [-0.05, 0) is 31.2 Å². The van der Waals surface area contributed by atoms with Gasteiger partial charge in [0.2, 0.25) is 0 Å². The van der Waals surface area contributed by atoms with Gasteiger partial charge in [0.25, 0.3) is 0 Å². The molecule has 0 aliphatic heterocycles. The molecule has 2 heterocycles. The lowest BCUT2D eigenvalue weighted by molar-refractivity contribution is 0.416. The third-order valence-electron chi connectivity index (χ3n) is 3.30. The Morgan fingerprint density at radius 1 is 1.05 bits per heavy atom. The van der Waals surface area contributed by atoms with Gasteiger partial charge in [-0.25, -0.2) is 4.98 Å². The molecule has 0 N–H and O–H groups in total. The lowest BCUT2D eigenvalue weighted by Crippen LogP contribution is -1.89. The van der Waals surface area contributed by atoms with Crippen molar-refractivity contribution in [2.24, 2.45) is 0 Å². The van der Waals surface area contributed by atoms with Gasteiger partial charge in [0, 0.05) is 18.0 Å². The molecule has 1 aromatic carbocycles. The molecular formula is C16H16N2O2. The van der Waals surface area contributed by atoms with Crippen LogP contribution in [0.2, 0.25) is 0 Å². The second-order valence-corrected chi connectivity index (χ2v) is 4.64. The lowest BCUT2D eigenvalue weighted by atomic mass is 10.1. The zero-order valence-electron chi connectivity index (χ0n) is 11.8. The second kappa shape index (κ2) is 4.89. The first kappa shape index (κ1) is 12.5. The fraction of sp³-hybridized carbons (Fsp3) is 0.188. The van der Waals surface area contributed by atoms with Crippen molar-refractivity contribution >= 4 is 5.65 Å². The van der Waals surface area contributed by atoms with E-state index >= 15 is 0 Å². The van der Waals surface area contributed by atoms with Gasteiger partial charge in [-0.3, -0.25) is 0 Å². The Kier molecular flexibility index (Phi) is 3.06. The standard InChI is InChI=1S/C16H16N2O2/c1-11-6-7-14(19-2)12(9-11)13-10-18-8-4-5-15(20-3)16(18)17-13/h4-10H,1-3H3. The molecule has 3 rings (SSSR count). The van der Waals surface area contributed by atoms with Gasteiger partial charge >= 0.3 is 0 Å². The van der Waals surface area contributed by atoms with Crippen LogP contribution in [-0.4, -0.2) is 23.6 Å². The minimum absolute atomic E-state index is 0.755. The number of fused-ring (bicyclic) bond motifs is 1. The molecule has 0 saturated carbocycles. The van der Waals surface area contributed by atoms with Crippen molar-refractivity contribution in [2.75, 3.05) is 14.2 Å². The Labute approximate surface area is 117 Å². The van der Waals surface area contributed by atoms with Crippen molar-refractivity contribution in [1.82, 2.24) is 9.38 Å². The summed E-state index contributed by atoms with van der Waals surface area (Å²) in [6.45, 7) is 2.05. The molecule has 0 saturated heterocycles. The van der Waals surface area contributed by atoms with Crippen molar-refractivity contribution in [3.63, 3.8) is 0 Å². The number of aromatic nitrogens is 2. The number of rotatable bonds is 3. The largest absolute Gasteiger partial charge is 0.496 e. The Morgan fingerprint density at radius 2 is 1.85 bits per heavy atom. The summed E-state index contributed by atoms with van der Waals surface area (Å²) in [5.41, 5.74) is 3.83. The van der Waals surface area contributed by atoms with E-state index in [9.17, 15) is 0 Å². The summed E-state index contributed by atoms with van der Waals surface area (Å²) in [5, 5.41) is 0. The van der Waals surface area contributed by atoms with Gasteiger partial charge in [0.15, 0.2) is 11.4 Å². The number of aryl methyl sites for hydroxylation is 1. The molecule has 0 radical (unpaired) electrons. The van der Waals surface area contributed by atoms with Crippen LogP contribution >= 0.6 is 0 Å². The second-order valence-electron chi connectivity index (χ2n) is 4.64. The highest BCUT2D eigenvalue weighted by atomic mass is 16.5. The van der Waals surface area contributed by atoms with Gasteiger partial charge < -0.3 is 13.9 Å². The number of ether oxygens (including phenoxy) is 2. The summed E-state index contributed by atoms with van der Waals surface area (Å²) in [6.07, 6.45) is 3.94. The zero-order valence-corrected chi connectivity index (χ0v) is 11.8. The molecule has 4 heteroatoms. The predicted molar refractivity (Wildman–Crippen MR) is 78.5 cm³/mol. The highest BCUT2D eigenvalue weighted by Gasteiger charge is 2.12. The number of methoxy groups -OCH3 is 2. The molecule has 3 aromatic rings. The number of nitrogens with zero attached hydrogens (tertiary/aromatic N) is 2. The SMILES string of the molecule is COc1ccc(C)cc1-c1cn2cccc(OC)c2n1. The van der Waals surface area contributed by atoms with Crippen LogP contribution in [-0.2, 0) is 0 Å². The highest BCUT2D eigenvalue weighted by Crippen LogP contribution is 2.31. The minimum atomic E-state index is 0.755. The fourth-order valence-electron chi connectivity index (χ4n) is 2.30. The van der Waals surface area contributed by atoms with Crippen molar-refractivity contribution in [3.8, 4) is 22.8 Å². The third kappa shape index (κ3) is 1.99. The minimum Gasteiger partial charge on any atom is -0.496 e. The summed E-state index contributed by atoms with van der Waals surface area (Å²) in [6, 6.07) is 9.90. The molecule has 20 heavy (non-hydrogen) atoms. The fourth-order valence-corrected chi connectivity index (χ4v) is 2.30. The number of imidazole rings is 1. The van der Waals surface area contributed by atoms with E-state index in [4.69, 9.17) is 9.47 Å². The Morgan fingerprint density at radius 3 is 2.60 bits per heavy atom. The summed E-state index contributed by atoms with van der Waals surface area (Å²) in [4.78, 5) is 4.66. The lowest BCUT2D eigenvalue weighted by Gasteiger charge is -2.06. The summed E-state index contributed by atoms with van der Waals surface area (Å²) < 4.78 is 12.7. The normalized spacial score (nSPS) is 10.8. The van der Waals surface area contributed by atoms with Gasteiger partial charge in [-0.15, -0.1) is 0 Å². The quantitative estimate of drug-likeness (QED) is 0.731. The smallest absolute Gasteiger partial charge is 0.180 e. The van der Waals surface area contributed by atoms with E-state index in [1.54, 1.807) is 14.2 Å². The van der Waals surface area contributed by atoms with E-state index in [1.165, 1.54) is 5.56 Å². The summed E-state index contributed by atoms with van der Waals surface area (Å²) in [5.74, 6) is 1.57. The highest BCUT2D eigenvalue weighted by molar-refractivity contribution is 5.71. The van der Waals surface area contributed by atoms with E-state index in [0.717, 1.165) is 28.4 Å². The molecule has 0 fully saturated rings. The van der Waals surface area contributed by atoms with Crippen LogP contribution in [0.3, 0.4) is 0 Å². The third-order valence-corrected chi connectivity index (χ3v) is 3.30. The number of hydrogen-bond donors (Lipinski definition) is 0. The van der Waals surface area contributed by atoms with E-state index in [1.807, 2.05) is 41.1 Å². The van der Waals surface area contributed by atoms with E-state index in [0.29, 0.717) is 0 Å². The maximum atomic E-state index is 5.43. The Balaban J connectivity index is 2.22. The van der Waals surface area contributed by atoms with Crippen LogP contribution in [0.5, 0.6) is 11.5 Å². The van der Waals surface area contributed by atoms with E-state index in [2.05, 4.69) is 18.0 Å². The predicted octanol–water partition coefficient (Wildman–Crippen LogP) is 3.33. The number of pyridine rings is 1. The summed E-state index contributed by atoms with van der Waals surface area (Å²) >= 11 is 0. The zero-order chi connectivity index (χ0) is 14.1. The monoisotopic (exact) mass is 268 g/mol. The molecule has 0 unspecified atom stereocenters. The molecule has 2 aromatic heterocycles. The summed E-state index contributed by atoms with van der Waals surface area (Å²) in [7, 11) is 3.32. The number of hydrogen-bond acceptors (Lipinski definition) is 3. The van der Waals surface area contributed by atoms with Gasteiger partial charge in [0.05, 0.1) is 19.9 Å². The molecule has 0 aliphatic carbocycles. The Bertz CT molecular complexity index is 762. The van der Waals surface area contributed by atoms with E-state index < -0.39 is 0 Å². The first-order chi connectivity index (χ1) is 9.72. The maximum Gasteiger partial charge on any atom is 0.180 e. The van der Waals surface area contributed by atoms with Gasteiger partial charge in [-0.1, -0.05) is 11.6 Å². The molecule has 102 valence electrons. The molecule has 0 amide bonds.